The van der Waals surface area contributed by atoms with Gasteiger partial charge in [0.2, 0.25) is 0 Å². The Balaban J connectivity index is 1.64. The lowest BCUT2D eigenvalue weighted by Gasteiger charge is -2.12. The average molecular weight is 284 g/mol. The highest BCUT2D eigenvalue weighted by Gasteiger charge is 2.22. The van der Waals surface area contributed by atoms with E-state index in [1.165, 1.54) is 5.56 Å². The Kier molecular flexibility index (Phi) is 5.49. The number of fused-ring (bicyclic) bond motifs is 1. The number of benzene rings is 1. The minimum atomic E-state index is 0.212. The van der Waals surface area contributed by atoms with Gasteiger partial charge in [-0.3, -0.25) is 0 Å². The molecule has 2 rings (SSSR count). The molecule has 106 valence electrons. The van der Waals surface area contributed by atoms with Gasteiger partial charge in [0, 0.05) is 24.6 Å². The molecule has 0 aromatic heterocycles. The molecular formula is C15H22ClNO2. The van der Waals surface area contributed by atoms with Gasteiger partial charge < -0.3 is 15.2 Å². The fraction of sp³-hybridized carbons (Fsp3) is 0.600. The number of aliphatic hydroxyl groups excluding tert-OH is 1. The number of ether oxygens (including phenoxy) is 1. The van der Waals surface area contributed by atoms with Crippen molar-refractivity contribution in [3.63, 3.8) is 0 Å². The highest BCUT2D eigenvalue weighted by Crippen LogP contribution is 2.30. The van der Waals surface area contributed by atoms with Crippen LogP contribution in [0.15, 0.2) is 18.2 Å². The molecule has 19 heavy (non-hydrogen) atoms. The lowest BCUT2D eigenvalue weighted by molar-refractivity contribution is 0.219. The first-order valence-corrected chi connectivity index (χ1v) is 7.33. The van der Waals surface area contributed by atoms with Gasteiger partial charge in [-0.25, -0.2) is 0 Å². The van der Waals surface area contributed by atoms with E-state index < -0.39 is 0 Å². The van der Waals surface area contributed by atoms with Gasteiger partial charge in [0.05, 0.1) is 0 Å². The van der Waals surface area contributed by atoms with Gasteiger partial charge in [-0.2, -0.15) is 0 Å². The molecule has 0 saturated heterocycles. The van der Waals surface area contributed by atoms with Gasteiger partial charge >= 0.3 is 0 Å². The van der Waals surface area contributed by atoms with Crippen LogP contribution >= 0.6 is 11.6 Å². The van der Waals surface area contributed by atoms with Crippen molar-refractivity contribution in [2.24, 2.45) is 5.92 Å². The molecule has 1 aliphatic heterocycles. The summed E-state index contributed by atoms with van der Waals surface area (Å²) in [5, 5.41) is 13.1. The molecule has 1 heterocycles. The Morgan fingerprint density at radius 2 is 2.37 bits per heavy atom. The van der Waals surface area contributed by atoms with Crippen LogP contribution < -0.4 is 10.1 Å². The number of hydrogen-bond acceptors (Lipinski definition) is 3. The maximum absolute atomic E-state index is 8.94. The molecule has 2 unspecified atom stereocenters. The molecule has 2 atom stereocenters. The van der Waals surface area contributed by atoms with Crippen LogP contribution in [-0.4, -0.2) is 30.9 Å². The number of rotatable bonds is 7. The predicted molar refractivity (Wildman–Crippen MR) is 77.9 cm³/mol. The summed E-state index contributed by atoms with van der Waals surface area (Å²) in [6, 6.07) is 5.80. The standard InChI is InChI=1S/C15H22ClNO2/c1-11(10-18)3-2-6-17-9-14-8-12-7-13(16)4-5-15(12)19-14/h4-5,7,11,14,17-18H,2-3,6,8-10H2,1H3. The molecule has 2 N–H and O–H groups in total. The van der Waals surface area contributed by atoms with Crippen LogP contribution in [-0.2, 0) is 6.42 Å². The first-order valence-electron chi connectivity index (χ1n) is 6.95. The van der Waals surface area contributed by atoms with Crippen molar-refractivity contribution in [2.45, 2.75) is 32.3 Å². The molecule has 0 aliphatic carbocycles. The monoisotopic (exact) mass is 283 g/mol. The first kappa shape index (κ1) is 14.6. The lowest BCUT2D eigenvalue weighted by Crippen LogP contribution is -2.30. The highest BCUT2D eigenvalue weighted by atomic mass is 35.5. The van der Waals surface area contributed by atoms with Crippen LogP contribution in [0.1, 0.15) is 25.3 Å². The minimum absolute atomic E-state index is 0.212. The van der Waals surface area contributed by atoms with E-state index in [9.17, 15) is 0 Å². The normalized spacial score (nSPS) is 19.0. The maximum atomic E-state index is 8.94. The van der Waals surface area contributed by atoms with Crippen LogP contribution in [0.5, 0.6) is 5.75 Å². The molecule has 0 radical (unpaired) electrons. The van der Waals surface area contributed by atoms with Gasteiger partial charge in [0.1, 0.15) is 11.9 Å². The van der Waals surface area contributed by atoms with Gasteiger partial charge in [-0.05, 0) is 49.1 Å². The second-order valence-electron chi connectivity index (χ2n) is 5.33. The summed E-state index contributed by atoms with van der Waals surface area (Å²) in [7, 11) is 0. The zero-order valence-electron chi connectivity index (χ0n) is 11.4. The Labute approximate surface area is 119 Å². The topological polar surface area (TPSA) is 41.5 Å². The van der Waals surface area contributed by atoms with Gasteiger partial charge in [-0.15, -0.1) is 0 Å². The molecule has 3 nitrogen and oxygen atoms in total. The van der Waals surface area contributed by atoms with Gasteiger partial charge in [-0.1, -0.05) is 18.5 Å². The SMILES string of the molecule is CC(CO)CCCNCC1Cc2cc(Cl)ccc2O1. The fourth-order valence-electron chi connectivity index (χ4n) is 2.33. The molecule has 0 saturated carbocycles. The molecule has 0 spiro atoms. The molecule has 0 fully saturated rings. The molecule has 1 aromatic rings. The molecule has 0 amide bonds. The van der Waals surface area contributed by atoms with E-state index >= 15 is 0 Å². The number of nitrogens with one attached hydrogen (secondary N) is 1. The van der Waals surface area contributed by atoms with E-state index in [0.717, 1.165) is 43.1 Å². The average Bonchev–Trinajstić information content (AvgIpc) is 2.79. The van der Waals surface area contributed by atoms with Crippen molar-refractivity contribution in [1.29, 1.82) is 0 Å². The van der Waals surface area contributed by atoms with Crippen LogP contribution in [0.25, 0.3) is 0 Å². The first-order chi connectivity index (χ1) is 9.19. The second-order valence-corrected chi connectivity index (χ2v) is 5.77. The van der Waals surface area contributed by atoms with Crippen molar-refractivity contribution < 1.29 is 9.84 Å². The largest absolute Gasteiger partial charge is 0.488 e. The van der Waals surface area contributed by atoms with Crippen LogP contribution in [0, 0.1) is 5.92 Å². The molecule has 1 aromatic carbocycles. The summed E-state index contributed by atoms with van der Waals surface area (Å²) >= 11 is 5.97. The Morgan fingerprint density at radius 3 is 3.16 bits per heavy atom. The third-order valence-corrected chi connectivity index (χ3v) is 3.73. The van der Waals surface area contributed by atoms with E-state index in [1.54, 1.807) is 0 Å². The van der Waals surface area contributed by atoms with E-state index in [0.29, 0.717) is 5.92 Å². The third-order valence-electron chi connectivity index (χ3n) is 3.50. The van der Waals surface area contributed by atoms with Gasteiger partial charge in [0.15, 0.2) is 0 Å². The highest BCUT2D eigenvalue weighted by molar-refractivity contribution is 6.30. The van der Waals surface area contributed by atoms with Crippen molar-refractivity contribution in [3.8, 4) is 5.75 Å². The zero-order chi connectivity index (χ0) is 13.7. The molecular weight excluding hydrogens is 262 g/mol. The van der Waals surface area contributed by atoms with Crippen molar-refractivity contribution in [3.05, 3.63) is 28.8 Å². The summed E-state index contributed by atoms with van der Waals surface area (Å²) < 4.78 is 5.85. The minimum Gasteiger partial charge on any atom is -0.488 e. The fourth-order valence-corrected chi connectivity index (χ4v) is 2.53. The van der Waals surface area contributed by atoms with E-state index in [-0.39, 0.29) is 12.7 Å². The van der Waals surface area contributed by atoms with Crippen LogP contribution in [0.2, 0.25) is 5.02 Å². The van der Waals surface area contributed by atoms with Crippen LogP contribution in [0.3, 0.4) is 0 Å². The number of aliphatic hydroxyl groups is 1. The molecule has 4 heteroatoms. The van der Waals surface area contributed by atoms with Crippen LogP contribution in [0.4, 0.5) is 0 Å². The summed E-state index contributed by atoms with van der Waals surface area (Å²) in [6.45, 7) is 4.18. The summed E-state index contributed by atoms with van der Waals surface area (Å²) in [4.78, 5) is 0. The Hall–Kier alpha value is -0.770. The van der Waals surface area contributed by atoms with E-state index in [2.05, 4.69) is 12.2 Å². The van der Waals surface area contributed by atoms with Crippen molar-refractivity contribution >= 4 is 11.6 Å². The second kappa shape index (κ2) is 7.13. The van der Waals surface area contributed by atoms with Crippen molar-refractivity contribution in [2.75, 3.05) is 19.7 Å². The maximum Gasteiger partial charge on any atom is 0.123 e. The summed E-state index contributed by atoms with van der Waals surface area (Å²) in [5.41, 5.74) is 1.20. The lowest BCUT2D eigenvalue weighted by atomic mass is 10.1. The van der Waals surface area contributed by atoms with Crippen molar-refractivity contribution in [1.82, 2.24) is 5.32 Å². The molecule has 0 bridgehead atoms. The smallest absolute Gasteiger partial charge is 0.123 e. The van der Waals surface area contributed by atoms with E-state index in [1.807, 2.05) is 18.2 Å². The van der Waals surface area contributed by atoms with Gasteiger partial charge in [0.25, 0.3) is 0 Å². The summed E-state index contributed by atoms with van der Waals surface area (Å²) in [5.74, 6) is 1.36. The van der Waals surface area contributed by atoms with E-state index in [4.69, 9.17) is 21.4 Å². The summed E-state index contributed by atoms with van der Waals surface area (Å²) in [6.07, 6.45) is 3.29. The number of halogens is 1. The molecule has 1 aliphatic rings. The Bertz CT molecular complexity index is 411. The zero-order valence-corrected chi connectivity index (χ0v) is 12.1. The quantitative estimate of drug-likeness (QED) is 0.756. The number of hydrogen-bond donors (Lipinski definition) is 2. The third kappa shape index (κ3) is 4.37. The predicted octanol–water partition coefficient (Wildman–Crippen LogP) is 2.64. The Morgan fingerprint density at radius 1 is 1.53 bits per heavy atom.